The molecule has 1 saturated carbocycles. The molecule has 1 fully saturated rings. The first kappa shape index (κ1) is 16.9. The van der Waals surface area contributed by atoms with Gasteiger partial charge < -0.3 is 0 Å². The second-order valence-electron chi connectivity index (χ2n) is 5.84. The van der Waals surface area contributed by atoms with Crippen molar-refractivity contribution >= 4 is 9.84 Å². The zero-order valence-corrected chi connectivity index (χ0v) is 13.2. The third-order valence-corrected chi connectivity index (χ3v) is 6.45. The van der Waals surface area contributed by atoms with Crippen LogP contribution in [0.15, 0.2) is 0 Å². The van der Waals surface area contributed by atoms with E-state index >= 15 is 0 Å². The van der Waals surface area contributed by atoms with Gasteiger partial charge in [0.1, 0.15) is 9.84 Å². The van der Waals surface area contributed by atoms with Gasteiger partial charge in [-0.05, 0) is 37.5 Å². The van der Waals surface area contributed by atoms with E-state index in [0.717, 1.165) is 18.8 Å². The molecule has 1 unspecified atom stereocenters. The lowest BCUT2D eigenvalue weighted by molar-refractivity contribution is 0.211. The third-order valence-electron chi connectivity index (χ3n) is 4.66. The summed E-state index contributed by atoms with van der Waals surface area (Å²) in [5.41, 5.74) is 2.91. The summed E-state index contributed by atoms with van der Waals surface area (Å²) in [7, 11) is -2.84. The zero-order valence-electron chi connectivity index (χ0n) is 12.4. The van der Waals surface area contributed by atoms with Crippen molar-refractivity contribution in [3.63, 3.8) is 0 Å². The molecule has 114 valence electrons. The van der Waals surface area contributed by atoms with Gasteiger partial charge in [0.25, 0.3) is 0 Å². The fourth-order valence-electron chi connectivity index (χ4n) is 3.12. The van der Waals surface area contributed by atoms with E-state index in [1.54, 1.807) is 6.92 Å². The number of hydrazine groups is 1. The van der Waals surface area contributed by atoms with Gasteiger partial charge in [0.15, 0.2) is 0 Å². The van der Waals surface area contributed by atoms with Crippen LogP contribution in [0, 0.1) is 11.8 Å². The molecule has 0 radical (unpaired) electrons. The van der Waals surface area contributed by atoms with E-state index in [0.29, 0.717) is 11.7 Å². The van der Waals surface area contributed by atoms with Gasteiger partial charge in [0, 0.05) is 11.8 Å². The fourth-order valence-corrected chi connectivity index (χ4v) is 4.02. The average Bonchev–Trinajstić information content (AvgIpc) is 2.44. The summed E-state index contributed by atoms with van der Waals surface area (Å²) in [6.45, 7) is 3.97. The Balaban J connectivity index is 2.34. The van der Waals surface area contributed by atoms with Crippen LogP contribution < -0.4 is 11.3 Å². The predicted octanol–water partition coefficient (Wildman–Crippen LogP) is 2.25. The summed E-state index contributed by atoms with van der Waals surface area (Å²) in [5, 5.41) is 0. The van der Waals surface area contributed by atoms with Crippen molar-refractivity contribution in [3.8, 4) is 0 Å². The van der Waals surface area contributed by atoms with Crippen molar-refractivity contribution in [1.29, 1.82) is 0 Å². The normalized spacial score (nSPS) is 26.3. The van der Waals surface area contributed by atoms with E-state index in [1.165, 1.54) is 32.1 Å². The molecule has 19 heavy (non-hydrogen) atoms. The lowest BCUT2D eigenvalue weighted by Gasteiger charge is -2.33. The van der Waals surface area contributed by atoms with E-state index in [2.05, 4.69) is 12.3 Å². The van der Waals surface area contributed by atoms with Gasteiger partial charge in [0.05, 0.1) is 5.75 Å². The van der Waals surface area contributed by atoms with Crippen molar-refractivity contribution in [2.75, 3.05) is 11.5 Å². The molecule has 3 N–H and O–H groups in total. The van der Waals surface area contributed by atoms with Gasteiger partial charge in [-0.2, -0.15) is 0 Å². The van der Waals surface area contributed by atoms with E-state index in [9.17, 15) is 8.42 Å². The van der Waals surface area contributed by atoms with Gasteiger partial charge in [0.2, 0.25) is 0 Å². The molecule has 4 nitrogen and oxygen atoms in total. The highest BCUT2D eigenvalue weighted by Crippen LogP contribution is 2.33. The Morgan fingerprint density at radius 3 is 2.32 bits per heavy atom. The quantitative estimate of drug-likeness (QED) is 0.531. The lowest BCUT2D eigenvalue weighted by atomic mass is 9.77. The number of sulfone groups is 1. The molecule has 0 aliphatic heterocycles. The highest BCUT2D eigenvalue weighted by atomic mass is 32.2. The van der Waals surface area contributed by atoms with Gasteiger partial charge in [-0.3, -0.25) is 11.3 Å². The van der Waals surface area contributed by atoms with Crippen LogP contribution >= 0.6 is 0 Å². The predicted molar refractivity (Wildman–Crippen MR) is 80.4 cm³/mol. The first-order valence-electron chi connectivity index (χ1n) is 7.69. The smallest absolute Gasteiger partial charge is 0.150 e. The summed E-state index contributed by atoms with van der Waals surface area (Å²) in [6.07, 6.45) is 7.93. The summed E-state index contributed by atoms with van der Waals surface area (Å²) in [6, 6.07) is 0.282. The first-order valence-corrected chi connectivity index (χ1v) is 9.51. The van der Waals surface area contributed by atoms with Gasteiger partial charge in [-0.25, -0.2) is 8.42 Å². The Labute approximate surface area is 118 Å². The Bertz CT molecular complexity index is 335. The number of nitrogens with one attached hydrogen (secondary N) is 1. The highest BCUT2D eigenvalue weighted by Gasteiger charge is 2.26. The molecule has 0 heterocycles. The highest BCUT2D eigenvalue weighted by molar-refractivity contribution is 7.91. The van der Waals surface area contributed by atoms with Crippen LogP contribution in [0.3, 0.4) is 0 Å². The van der Waals surface area contributed by atoms with Crippen molar-refractivity contribution in [2.45, 2.75) is 64.8 Å². The third kappa shape index (κ3) is 5.79. The van der Waals surface area contributed by atoms with E-state index in [-0.39, 0.29) is 11.8 Å². The summed E-state index contributed by atoms with van der Waals surface area (Å²) in [5.74, 6) is 7.70. The van der Waals surface area contributed by atoms with Crippen molar-refractivity contribution in [3.05, 3.63) is 0 Å². The second kappa shape index (κ2) is 8.22. The van der Waals surface area contributed by atoms with Gasteiger partial charge >= 0.3 is 0 Å². The molecule has 0 spiro atoms. The summed E-state index contributed by atoms with van der Waals surface area (Å²) in [4.78, 5) is 0. The topological polar surface area (TPSA) is 72.2 Å². The Morgan fingerprint density at radius 2 is 1.84 bits per heavy atom. The van der Waals surface area contributed by atoms with E-state index < -0.39 is 9.84 Å². The maximum atomic E-state index is 11.5. The minimum absolute atomic E-state index is 0.245. The summed E-state index contributed by atoms with van der Waals surface area (Å²) >= 11 is 0. The monoisotopic (exact) mass is 290 g/mol. The standard InChI is InChI=1S/C14H30N2O2S/c1-3-12-7-9-13(10-8-12)14(16-15)6-5-11-19(17,18)4-2/h12-14,16H,3-11,15H2,1-2H3. The molecular weight excluding hydrogens is 260 g/mol. The van der Waals surface area contributed by atoms with Crippen molar-refractivity contribution < 1.29 is 8.42 Å². The molecule has 0 bridgehead atoms. The summed E-state index contributed by atoms with van der Waals surface area (Å²) < 4.78 is 23.0. The molecule has 0 amide bonds. The maximum absolute atomic E-state index is 11.5. The molecule has 0 saturated heterocycles. The van der Waals surface area contributed by atoms with Crippen LogP contribution in [0.4, 0.5) is 0 Å². The zero-order chi connectivity index (χ0) is 14.3. The van der Waals surface area contributed by atoms with Crippen LogP contribution in [0.5, 0.6) is 0 Å². The van der Waals surface area contributed by atoms with Crippen LogP contribution in [0.1, 0.15) is 58.8 Å². The molecule has 0 aromatic heterocycles. The molecule has 1 rings (SSSR count). The minimum atomic E-state index is -2.84. The molecule has 1 atom stereocenters. The number of nitrogens with two attached hydrogens (primary N) is 1. The largest absolute Gasteiger partial charge is 0.271 e. The van der Waals surface area contributed by atoms with Gasteiger partial charge in [-0.15, -0.1) is 0 Å². The Morgan fingerprint density at radius 1 is 1.21 bits per heavy atom. The molecular formula is C14H30N2O2S. The minimum Gasteiger partial charge on any atom is -0.271 e. The lowest BCUT2D eigenvalue weighted by Crippen LogP contribution is -2.42. The number of hydrogen-bond donors (Lipinski definition) is 2. The van der Waals surface area contributed by atoms with Crippen LogP contribution in [0.25, 0.3) is 0 Å². The molecule has 0 aromatic rings. The number of hydrogen-bond acceptors (Lipinski definition) is 4. The molecule has 0 aromatic carbocycles. The van der Waals surface area contributed by atoms with Gasteiger partial charge in [-0.1, -0.05) is 33.1 Å². The first-order chi connectivity index (χ1) is 9.02. The molecule has 1 aliphatic carbocycles. The molecule has 1 aliphatic rings. The van der Waals surface area contributed by atoms with Crippen molar-refractivity contribution in [1.82, 2.24) is 5.43 Å². The fraction of sp³-hybridized carbons (Fsp3) is 1.00. The SMILES string of the molecule is CCC1CCC(C(CCCS(=O)(=O)CC)NN)CC1. The number of rotatable bonds is 8. The van der Waals surface area contributed by atoms with Crippen LogP contribution in [0.2, 0.25) is 0 Å². The Kier molecular flexibility index (Phi) is 7.32. The second-order valence-corrected chi connectivity index (χ2v) is 8.31. The van der Waals surface area contributed by atoms with Crippen LogP contribution in [-0.2, 0) is 9.84 Å². The van der Waals surface area contributed by atoms with E-state index in [1.807, 2.05) is 0 Å². The average molecular weight is 290 g/mol. The maximum Gasteiger partial charge on any atom is 0.150 e. The Hall–Kier alpha value is -0.130. The van der Waals surface area contributed by atoms with Crippen LogP contribution in [-0.4, -0.2) is 26.0 Å². The van der Waals surface area contributed by atoms with E-state index in [4.69, 9.17) is 5.84 Å². The van der Waals surface area contributed by atoms with Crippen molar-refractivity contribution in [2.24, 2.45) is 17.7 Å². The molecule has 5 heteroatoms.